The Hall–Kier alpha value is -1.10. The molecule has 0 unspecified atom stereocenters. The molecule has 1 fully saturated rings. The molecule has 0 radical (unpaired) electrons. The van der Waals surface area contributed by atoms with Gasteiger partial charge in [0.2, 0.25) is 11.8 Å². The number of nitrogens with one attached hydrogen (secondary N) is 1. The van der Waals surface area contributed by atoms with Gasteiger partial charge in [0, 0.05) is 25.0 Å². The van der Waals surface area contributed by atoms with E-state index in [1.807, 2.05) is 32.6 Å². The summed E-state index contributed by atoms with van der Waals surface area (Å²) in [5.74, 6) is 0.355. The molecule has 3 N–H and O–H groups in total. The highest BCUT2D eigenvalue weighted by Crippen LogP contribution is 2.15. The number of carbonyl (C=O) groups excluding carboxylic acids is 2. The van der Waals surface area contributed by atoms with Gasteiger partial charge in [0.1, 0.15) is 0 Å². The molecule has 1 rings (SSSR count). The monoisotopic (exact) mass is 283 g/mol. The van der Waals surface area contributed by atoms with E-state index in [4.69, 9.17) is 5.73 Å². The average molecular weight is 283 g/mol. The van der Waals surface area contributed by atoms with Gasteiger partial charge in [0.15, 0.2) is 0 Å². The van der Waals surface area contributed by atoms with E-state index in [1.54, 1.807) is 0 Å². The van der Waals surface area contributed by atoms with E-state index in [1.165, 1.54) is 0 Å². The van der Waals surface area contributed by atoms with E-state index in [0.717, 1.165) is 19.3 Å². The zero-order chi connectivity index (χ0) is 15.3. The quantitative estimate of drug-likeness (QED) is 0.794. The van der Waals surface area contributed by atoms with Crippen molar-refractivity contribution in [1.82, 2.24) is 10.2 Å². The third-order valence-electron chi connectivity index (χ3n) is 4.22. The summed E-state index contributed by atoms with van der Waals surface area (Å²) in [6.07, 6.45) is 2.54. The van der Waals surface area contributed by atoms with Gasteiger partial charge < -0.3 is 16.0 Å². The van der Waals surface area contributed by atoms with Gasteiger partial charge in [-0.15, -0.1) is 0 Å². The van der Waals surface area contributed by atoms with Crippen LogP contribution in [-0.2, 0) is 9.59 Å². The zero-order valence-corrected chi connectivity index (χ0v) is 13.2. The van der Waals surface area contributed by atoms with E-state index in [9.17, 15) is 9.59 Å². The summed E-state index contributed by atoms with van der Waals surface area (Å²) < 4.78 is 0. The standard InChI is InChI=1S/C15H29N3O2/c1-5-11(4)13(16)15(20)18-8-6-12(7-9-18)17-14(19)10(2)3/h10-13H,5-9,16H2,1-4H3,(H,17,19)/t11-,13-/m0/s1. The molecule has 0 aromatic rings. The largest absolute Gasteiger partial charge is 0.353 e. The van der Waals surface area contributed by atoms with Gasteiger partial charge in [-0.1, -0.05) is 34.1 Å². The molecule has 2 amide bonds. The van der Waals surface area contributed by atoms with E-state index in [2.05, 4.69) is 5.32 Å². The number of nitrogens with zero attached hydrogens (tertiary/aromatic N) is 1. The first-order valence-corrected chi connectivity index (χ1v) is 7.71. The highest BCUT2D eigenvalue weighted by atomic mass is 16.2. The van der Waals surface area contributed by atoms with E-state index in [-0.39, 0.29) is 29.7 Å². The number of hydrogen-bond acceptors (Lipinski definition) is 3. The van der Waals surface area contributed by atoms with Gasteiger partial charge in [0.05, 0.1) is 6.04 Å². The lowest BCUT2D eigenvalue weighted by molar-refractivity contribution is -0.135. The Morgan fingerprint density at radius 2 is 1.80 bits per heavy atom. The van der Waals surface area contributed by atoms with Crippen molar-refractivity contribution >= 4 is 11.8 Å². The lowest BCUT2D eigenvalue weighted by Gasteiger charge is -2.35. The molecule has 0 aromatic carbocycles. The highest BCUT2D eigenvalue weighted by Gasteiger charge is 2.29. The van der Waals surface area contributed by atoms with E-state index >= 15 is 0 Å². The number of carbonyl (C=O) groups is 2. The fourth-order valence-electron chi connectivity index (χ4n) is 2.32. The topological polar surface area (TPSA) is 75.4 Å². The number of amides is 2. The average Bonchev–Trinajstić information content (AvgIpc) is 2.45. The summed E-state index contributed by atoms with van der Waals surface area (Å²) >= 11 is 0. The van der Waals surface area contributed by atoms with Gasteiger partial charge in [-0.2, -0.15) is 0 Å². The minimum Gasteiger partial charge on any atom is -0.353 e. The lowest BCUT2D eigenvalue weighted by Crippen LogP contribution is -2.52. The maximum atomic E-state index is 12.2. The van der Waals surface area contributed by atoms with Gasteiger partial charge in [0.25, 0.3) is 0 Å². The summed E-state index contributed by atoms with van der Waals surface area (Å²) in [5, 5.41) is 3.03. The smallest absolute Gasteiger partial charge is 0.239 e. The second kappa shape index (κ2) is 7.62. The Kier molecular flexibility index (Phi) is 6.46. The van der Waals surface area contributed by atoms with Crippen LogP contribution in [0.25, 0.3) is 0 Å². The maximum Gasteiger partial charge on any atom is 0.239 e. The molecule has 0 spiro atoms. The minimum absolute atomic E-state index is 0.00786. The molecule has 1 aliphatic heterocycles. The van der Waals surface area contributed by atoms with Crippen molar-refractivity contribution in [3.8, 4) is 0 Å². The number of hydrogen-bond donors (Lipinski definition) is 2. The van der Waals surface area contributed by atoms with Crippen molar-refractivity contribution in [2.45, 2.75) is 59.0 Å². The zero-order valence-electron chi connectivity index (χ0n) is 13.2. The molecule has 2 atom stereocenters. The molecule has 1 heterocycles. The van der Waals surface area contributed by atoms with Crippen LogP contribution in [0.3, 0.4) is 0 Å². The van der Waals surface area contributed by atoms with Crippen LogP contribution in [0.15, 0.2) is 0 Å². The maximum absolute atomic E-state index is 12.2. The predicted molar refractivity (Wildman–Crippen MR) is 80.0 cm³/mol. The predicted octanol–water partition coefficient (Wildman–Crippen LogP) is 1.12. The van der Waals surface area contributed by atoms with Gasteiger partial charge >= 0.3 is 0 Å². The van der Waals surface area contributed by atoms with Crippen molar-refractivity contribution in [3.05, 3.63) is 0 Å². The molecule has 0 saturated carbocycles. The molecular weight excluding hydrogens is 254 g/mol. The van der Waals surface area contributed by atoms with Crippen LogP contribution in [0.5, 0.6) is 0 Å². The van der Waals surface area contributed by atoms with Crippen molar-refractivity contribution in [3.63, 3.8) is 0 Å². The Bertz CT molecular complexity index is 336. The fourth-order valence-corrected chi connectivity index (χ4v) is 2.32. The van der Waals surface area contributed by atoms with Crippen molar-refractivity contribution in [1.29, 1.82) is 0 Å². The van der Waals surface area contributed by atoms with Crippen LogP contribution >= 0.6 is 0 Å². The van der Waals surface area contributed by atoms with Gasteiger partial charge in [-0.3, -0.25) is 9.59 Å². The summed E-state index contributed by atoms with van der Waals surface area (Å²) in [6.45, 7) is 9.21. The molecule has 5 heteroatoms. The molecular formula is C15H29N3O2. The molecule has 0 bridgehead atoms. The molecule has 5 nitrogen and oxygen atoms in total. The Morgan fingerprint density at radius 3 is 2.25 bits per heavy atom. The Morgan fingerprint density at radius 1 is 1.25 bits per heavy atom. The van der Waals surface area contributed by atoms with Crippen molar-refractivity contribution in [2.24, 2.45) is 17.6 Å². The number of rotatable bonds is 5. The first-order chi connectivity index (χ1) is 9.36. The third kappa shape index (κ3) is 4.47. The molecule has 20 heavy (non-hydrogen) atoms. The first kappa shape index (κ1) is 17.0. The van der Waals surface area contributed by atoms with E-state index in [0.29, 0.717) is 13.1 Å². The molecule has 1 saturated heterocycles. The minimum atomic E-state index is -0.401. The summed E-state index contributed by atoms with van der Waals surface area (Å²) in [5.41, 5.74) is 6.00. The fraction of sp³-hybridized carbons (Fsp3) is 0.867. The number of nitrogens with two attached hydrogens (primary N) is 1. The summed E-state index contributed by atoms with van der Waals surface area (Å²) in [4.78, 5) is 25.7. The molecule has 0 aliphatic carbocycles. The normalized spacial score (nSPS) is 19.8. The van der Waals surface area contributed by atoms with Crippen LogP contribution in [-0.4, -0.2) is 41.9 Å². The first-order valence-electron chi connectivity index (χ1n) is 7.71. The van der Waals surface area contributed by atoms with Crippen LogP contribution in [0.4, 0.5) is 0 Å². The second-order valence-corrected chi connectivity index (χ2v) is 6.17. The van der Waals surface area contributed by atoms with Crippen molar-refractivity contribution < 1.29 is 9.59 Å². The van der Waals surface area contributed by atoms with Gasteiger partial charge in [-0.25, -0.2) is 0 Å². The highest BCUT2D eigenvalue weighted by molar-refractivity contribution is 5.82. The lowest BCUT2D eigenvalue weighted by atomic mass is 9.97. The Labute approximate surface area is 122 Å². The molecule has 116 valence electrons. The van der Waals surface area contributed by atoms with Crippen LogP contribution in [0.2, 0.25) is 0 Å². The van der Waals surface area contributed by atoms with Crippen LogP contribution in [0, 0.1) is 11.8 Å². The second-order valence-electron chi connectivity index (χ2n) is 6.17. The number of likely N-dealkylation sites (tertiary alicyclic amines) is 1. The third-order valence-corrected chi connectivity index (χ3v) is 4.22. The molecule has 1 aliphatic rings. The number of piperidine rings is 1. The van der Waals surface area contributed by atoms with Gasteiger partial charge in [-0.05, 0) is 18.8 Å². The van der Waals surface area contributed by atoms with Crippen molar-refractivity contribution in [2.75, 3.05) is 13.1 Å². The Balaban J connectivity index is 2.42. The SMILES string of the molecule is CC[C@H](C)[C@H](N)C(=O)N1CCC(NC(=O)C(C)C)CC1. The molecule has 0 aromatic heterocycles. The van der Waals surface area contributed by atoms with E-state index < -0.39 is 6.04 Å². The van der Waals surface area contributed by atoms with Crippen LogP contribution < -0.4 is 11.1 Å². The van der Waals surface area contributed by atoms with Crippen LogP contribution in [0.1, 0.15) is 47.0 Å². The summed E-state index contributed by atoms with van der Waals surface area (Å²) in [6, 6.07) is -0.212. The summed E-state index contributed by atoms with van der Waals surface area (Å²) in [7, 11) is 0.